The lowest BCUT2D eigenvalue weighted by atomic mass is 10.0. The van der Waals surface area contributed by atoms with Gasteiger partial charge in [-0.25, -0.2) is 4.79 Å². The fourth-order valence-corrected chi connectivity index (χ4v) is 2.68. The first-order valence-corrected chi connectivity index (χ1v) is 5.37. The van der Waals surface area contributed by atoms with Gasteiger partial charge in [0, 0.05) is 6.42 Å². The van der Waals surface area contributed by atoms with E-state index < -0.39 is 23.8 Å². The van der Waals surface area contributed by atoms with Gasteiger partial charge >= 0.3 is 5.97 Å². The van der Waals surface area contributed by atoms with E-state index in [1.54, 1.807) is 0 Å². The number of hydrogen-bond donors (Lipinski definition) is 1. The van der Waals surface area contributed by atoms with Gasteiger partial charge in [-0.2, -0.15) is 0 Å². The van der Waals surface area contributed by atoms with Crippen LogP contribution in [0.5, 0.6) is 0 Å². The molecule has 2 amide bonds. The Morgan fingerprint density at radius 1 is 1.47 bits per heavy atom. The Labute approximate surface area is 98.8 Å². The molecule has 0 radical (unpaired) electrons. The number of rotatable bonds is 3. The van der Waals surface area contributed by atoms with Gasteiger partial charge in [-0.3, -0.25) is 14.5 Å². The molecule has 5 heteroatoms. The van der Waals surface area contributed by atoms with Crippen LogP contribution in [0.1, 0.15) is 20.3 Å². The van der Waals surface area contributed by atoms with Crippen molar-refractivity contribution in [3.63, 3.8) is 0 Å². The van der Waals surface area contributed by atoms with Gasteiger partial charge in [0.15, 0.2) is 0 Å². The maximum atomic E-state index is 12.0. The molecule has 2 fully saturated rings. The summed E-state index contributed by atoms with van der Waals surface area (Å²) in [6, 6.07) is -1.22. The van der Waals surface area contributed by atoms with Crippen molar-refractivity contribution in [2.75, 3.05) is 0 Å². The maximum Gasteiger partial charge on any atom is 0.327 e. The third-order valence-corrected chi connectivity index (χ3v) is 3.74. The predicted molar refractivity (Wildman–Crippen MR) is 57.5 cm³/mol. The summed E-state index contributed by atoms with van der Waals surface area (Å²) in [6.45, 7) is 3.68. The average molecular weight is 235 g/mol. The van der Waals surface area contributed by atoms with E-state index in [4.69, 9.17) is 11.5 Å². The number of amides is 2. The lowest BCUT2D eigenvalue weighted by molar-refractivity contribution is -0.156. The summed E-state index contributed by atoms with van der Waals surface area (Å²) in [5.74, 6) is -0.566. The van der Waals surface area contributed by atoms with Gasteiger partial charge in [0.1, 0.15) is 6.04 Å². The summed E-state index contributed by atoms with van der Waals surface area (Å²) in [4.78, 5) is 35.8. The number of imide groups is 1. The zero-order valence-electron chi connectivity index (χ0n) is 9.64. The molecule has 0 aromatic carbocycles. The van der Waals surface area contributed by atoms with Crippen LogP contribution >= 0.6 is 0 Å². The number of terminal acetylenes is 1. The normalized spacial score (nSPS) is 30.8. The first-order valence-electron chi connectivity index (χ1n) is 5.37. The zero-order valence-corrected chi connectivity index (χ0v) is 9.64. The minimum atomic E-state index is -1.23. The van der Waals surface area contributed by atoms with Crippen molar-refractivity contribution in [3.05, 3.63) is 0 Å². The van der Waals surface area contributed by atoms with E-state index >= 15 is 0 Å². The molecule has 2 rings (SSSR count). The minimum absolute atomic E-state index is 0.146. The smallest absolute Gasteiger partial charge is 0.327 e. The van der Waals surface area contributed by atoms with Crippen molar-refractivity contribution < 1.29 is 19.5 Å². The molecule has 0 aromatic heterocycles. The molecule has 3 atom stereocenters. The van der Waals surface area contributed by atoms with Gasteiger partial charge < -0.3 is 5.11 Å². The number of aliphatic carboxylic acids is 1. The monoisotopic (exact) mass is 235 g/mol. The van der Waals surface area contributed by atoms with E-state index in [1.807, 2.05) is 13.8 Å². The second-order valence-electron chi connectivity index (χ2n) is 5.09. The Hall–Kier alpha value is -1.83. The fraction of sp³-hybridized carbons (Fsp3) is 0.583. The van der Waals surface area contributed by atoms with E-state index in [0.717, 1.165) is 4.90 Å². The summed E-state index contributed by atoms with van der Waals surface area (Å²) in [6.07, 6.45) is 4.92. The highest BCUT2D eigenvalue weighted by molar-refractivity contribution is 6.12. The van der Waals surface area contributed by atoms with Gasteiger partial charge in [0.05, 0.1) is 11.8 Å². The highest BCUT2D eigenvalue weighted by Gasteiger charge is 2.73. The van der Waals surface area contributed by atoms with Crippen LogP contribution in [0.2, 0.25) is 0 Å². The van der Waals surface area contributed by atoms with Crippen LogP contribution < -0.4 is 0 Å². The van der Waals surface area contributed by atoms with E-state index in [-0.39, 0.29) is 23.7 Å². The second kappa shape index (κ2) is 3.33. The van der Waals surface area contributed by atoms with E-state index in [1.165, 1.54) is 0 Å². The molecule has 2 aliphatic rings. The molecular weight excluding hydrogens is 222 g/mol. The summed E-state index contributed by atoms with van der Waals surface area (Å²) in [5.41, 5.74) is -0.330. The SMILES string of the molecule is C#CCC(C(=O)O)N1C(=O)C2C(C1=O)C2(C)C. The van der Waals surface area contributed by atoms with Crippen molar-refractivity contribution in [1.29, 1.82) is 0 Å². The van der Waals surface area contributed by atoms with Crippen molar-refractivity contribution in [2.45, 2.75) is 26.3 Å². The third kappa shape index (κ3) is 1.37. The van der Waals surface area contributed by atoms with Crippen molar-refractivity contribution in [2.24, 2.45) is 17.3 Å². The summed E-state index contributed by atoms with van der Waals surface area (Å²) >= 11 is 0. The Balaban J connectivity index is 2.26. The number of nitrogens with zero attached hydrogens (tertiary/aromatic N) is 1. The summed E-state index contributed by atoms with van der Waals surface area (Å²) in [7, 11) is 0. The van der Waals surface area contributed by atoms with Crippen LogP contribution in [-0.2, 0) is 14.4 Å². The number of carbonyl (C=O) groups is 3. The van der Waals surface area contributed by atoms with Gasteiger partial charge in [-0.1, -0.05) is 13.8 Å². The van der Waals surface area contributed by atoms with Gasteiger partial charge in [-0.05, 0) is 5.41 Å². The summed E-state index contributed by atoms with van der Waals surface area (Å²) in [5, 5.41) is 8.99. The second-order valence-corrected chi connectivity index (χ2v) is 5.09. The molecule has 1 N–H and O–H groups in total. The molecular formula is C12H13NO4. The number of hydrogen-bond acceptors (Lipinski definition) is 3. The molecule has 1 aliphatic heterocycles. The standard InChI is InChI=1S/C12H13NO4/c1-4-5-6(11(16)17)13-9(14)7-8(10(13)15)12(7,2)3/h1,6-8H,5H2,2-3H3,(H,16,17). The quantitative estimate of drug-likeness (QED) is 0.556. The molecule has 0 bridgehead atoms. The Kier molecular flexibility index (Phi) is 2.28. The first kappa shape index (κ1) is 11.6. The molecule has 3 unspecified atom stereocenters. The molecule has 0 spiro atoms. The molecule has 1 heterocycles. The van der Waals surface area contributed by atoms with Crippen LogP contribution in [0.15, 0.2) is 0 Å². The first-order chi connectivity index (χ1) is 7.84. The van der Waals surface area contributed by atoms with Gasteiger partial charge in [0.25, 0.3) is 0 Å². The number of likely N-dealkylation sites (tertiary alicyclic amines) is 1. The van der Waals surface area contributed by atoms with Crippen molar-refractivity contribution in [1.82, 2.24) is 4.90 Å². The topological polar surface area (TPSA) is 74.7 Å². The van der Waals surface area contributed by atoms with Crippen molar-refractivity contribution in [3.8, 4) is 12.3 Å². The lowest BCUT2D eigenvalue weighted by Crippen LogP contribution is -2.47. The molecule has 1 saturated carbocycles. The van der Waals surface area contributed by atoms with Gasteiger partial charge in [-0.15, -0.1) is 12.3 Å². The zero-order chi connectivity index (χ0) is 13.0. The Morgan fingerprint density at radius 2 is 1.94 bits per heavy atom. The number of carboxylic acid groups (broad SMARTS) is 1. The predicted octanol–water partition coefficient (Wildman–Crippen LogP) is 0.104. The summed E-state index contributed by atoms with van der Waals surface area (Å²) < 4.78 is 0. The van der Waals surface area contributed by atoms with Crippen molar-refractivity contribution >= 4 is 17.8 Å². The minimum Gasteiger partial charge on any atom is -0.480 e. The average Bonchev–Trinajstić information content (AvgIpc) is 2.67. The Bertz CT molecular complexity index is 436. The maximum absolute atomic E-state index is 12.0. The van der Waals surface area contributed by atoms with Crippen LogP contribution in [0.3, 0.4) is 0 Å². The number of carboxylic acids is 1. The molecule has 17 heavy (non-hydrogen) atoms. The van der Waals surface area contributed by atoms with Crippen LogP contribution in [0.4, 0.5) is 0 Å². The van der Waals surface area contributed by atoms with Gasteiger partial charge in [0.2, 0.25) is 11.8 Å². The molecule has 5 nitrogen and oxygen atoms in total. The lowest BCUT2D eigenvalue weighted by Gasteiger charge is -2.25. The number of fused-ring (bicyclic) bond motifs is 1. The molecule has 90 valence electrons. The molecule has 1 saturated heterocycles. The highest BCUT2D eigenvalue weighted by Crippen LogP contribution is 2.63. The highest BCUT2D eigenvalue weighted by atomic mass is 16.4. The van der Waals surface area contributed by atoms with Crippen LogP contribution in [-0.4, -0.2) is 33.8 Å². The number of piperidine rings is 1. The molecule has 1 aliphatic carbocycles. The molecule has 0 aromatic rings. The Morgan fingerprint density at radius 3 is 2.29 bits per heavy atom. The number of carbonyl (C=O) groups excluding carboxylic acids is 2. The van der Waals surface area contributed by atoms with E-state index in [9.17, 15) is 14.4 Å². The van der Waals surface area contributed by atoms with E-state index in [0.29, 0.717) is 0 Å². The van der Waals surface area contributed by atoms with Crippen LogP contribution in [0, 0.1) is 29.6 Å². The fourth-order valence-electron chi connectivity index (χ4n) is 2.68. The largest absolute Gasteiger partial charge is 0.480 e. The third-order valence-electron chi connectivity index (χ3n) is 3.74. The van der Waals surface area contributed by atoms with Crippen LogP contribution in [0.25, 0.3) is 0 Å². The van der Waals surface area contributed by atoms with E-state index in [2.05, 4.69) is 5.92 Å².